The average Bonchev–Trinajstić information content (AvgIpc) is 3.07. The third kappa shape index (κ3) is 2.42. The minimum atomic E-state index is -0.100. The van der Waals surface area contributed by atoms with Crippen molar-refractivity contribution in [1.29, 1.82) is 0 Å². The molecular formula is C14H17N5O. The quantitative estimate of drug-likeness (QED) is 0.874. The van der Waals surface area contributed by atoms with E-state index in [9.17, 15) is 4.79 Å². The normalized spacial score (nSPS) is 18.5. The minimum Gasteiger partial charge on any atom is -0.336 e. The third-order valence-electron chi connectivity index (χ3n) is 3.49. The van der Waals surface area contributed by atoms with Crippen molar-refractivity contribution in [2.75, 3.05) is 13.1 Å². The van der Waals surface area contributed by atoms with Crippen LogP contribution >= 0.6 is 0 Å². The second-order valence-corrected chi connectivity index (χ2v) is 5.19. The number of likely N-dealkylation sites (tertiary alicyclic amines) is 1. The highest BCUT2D eigenvalue weighted by Crippen LogP contribution is 2.13. The van der Waals surface area contributed by atoms with Crippen LogP contribution in [-0.4, -0.2) is 44.9 Å². The van der Waals surface area contributed by atoms with Gasteiger partial charge in [0.2, 0.25) is 0 Å². The monoisotopic (exact) mass is 271 g/mol. The Labute approximate surface area is 117 Å². The molecule has 3 rings (SSSR count). The van der Waals surface area contributed by atoms with E-state index in [2.05, 4.69) is 10.3 Å². The molecule has 20 heavy (non-hydrogen) atoms. The molecule has 104 valence electrons. The molecule has 1 atom stereocenters. The first-order valence-corrected chi connectivity index (χ1v) is 6.68. The van der Waals surface area contributed by atoms with Crippen LogP contribution < -0.4 is 5.73 Å². The van der Waals surface area contributed by atoms with Gasteiger partial charge in [-0.1, -0.05) is 17.3 Å². The van der Waals surface area contributed by atoms with Gasteiger partial charge in [0.15, 0.2) is 5.69 Å². The van der Waals surface area contributed by atoms with E-state index in [1.807, 2.05) is 31.2 Å². The second kappa shape index (κ2) is 5.05. The molecular weight excluding hydrogens is 254 g/mol. The molecule has 0 spiro atoms. The number of hydrogen-bond acceptors (Lipinski definition) is 4. The number of amides is 1. The molecule has 1 saturated heterocycles. The summed E-state index contributed by atoms with van der Waals surface area (Å²) in [5.74, 6) is -0.100. The second-order valence-electron chi connectivity index (χ2n) is 5.19. The number of rotatable bonds is 2. The maximum absolute atomic E-state index is 12.3. The Morgan fingerprint density at radius 3 is 3.00 bits per heavy atom. The van der Waals surface area contributed by atoms with Gasteiger partial charge in [-0.3, -0.25) is 4.79 Å². The van der Waals surface area contributed by atoms with Crippen LogP contribution in [0.25, 0.3) is 5.69 Å². The Hall–Kier alpha value is -2.21. The summed E-state index contributed by atoms with van der Waals surface area (Å²) >= 11 is 0. The van der Waals surface area contributed by atoms with Gasteiger partial charge in [0.05, 0.1) is 11.9 Å². The van der Waals surface area contributed by atoms with Gasteiger partial charge in [0.25, 0.3) is 5.91 Å². The highest BCUT2D eigenvalue weighted by Gasteiger charge is 2.26. The summed E-state index contributed by atoms with van der Waals surface area (Å²) in [5, 5.41) is 8.00. The Morgan fingerprint density at radius 2 is 2.30 bits per heavy atom. The summed E-state index contributed by atoms with van der Waals surface area (Å²) in [5.41, 5.74) is 8.21. The van der Waals surface area contributed by atoms with Crippen LogP contribution in [0.1, 0.15) is 22.5 Å². The van der Waals surface area contributed by atoms with Crippen LogP contribution in [0.2, 0.25) is 0 Å². The van der Waals surface area contributed by atoms with Crippen LogP contribution in [0, 0.1) is 6.92 Å². The number of carbonyl (C=O) groups is 1. The van der Waals surface area contributed by atoms with Crippen molar-refractivity contribution in [3.8, 4) is 5.69 Å². The molecule has 1 aliphatic rings. The van der Waals surface area contributed by atoms with Gasteiger partial charge in [0.1, 0.15) is 0 Å². The van der Waals surface area contributed by atoms with Gasteiger partial charge in [0, 0.05) is 19.1 Å². The number of aromatic nitrogens is 3. The van der Waals surface area contributed by atoms with Crippen molar-refractivity contribution < 1.29 is 4.79 Å². The summed E-state index contributed by atoms with van der Waals surface area (Å²) in [6.45, 7) is 3.30. The van der Waals surface area contributed by atoms with Crippen molar-refractivity contribution in [3.63, 3.8) is 0 Å². The fraction of sp³-hybridized carbons (Fsp3) is 0.357. The minimum absolute atomic E-state index is 0.0748. The Kier molecular flexibility index (Phi) is 3.23. The summed E-state index contributed by atoms with van der Waals surface area (Å²) in [6, 6.07) is 7.97. The van der Waals surface area contributed by atoms with Gasteiger partial charge in [-0.2, -0.15) is 0 Å². The molecule has 2 N–H and O–H groups in total. The number of aryl methyl sites for hydroxylation is 1. The van der Waals surface area contributed by atoms with E-state index >= 15 is 0 Å². The number of nitrogens with two attached hydrogens (primary N) is 1. The molecule has 1 fully saturated rings. The van der Waals surface area contributed by atoms with Gasteiger partial charge in [-0.25, -0.2) is 4.68 Å². The maximum atomic E-state index is 12.3. The van der Waals surface area contributed by atoms with Crippen LogP contribution in [0.5, 0.6) is 0 Å². The topological polar surface area (TPSA) is 77.0 Å². The van der Waals surface area contributed by atoms with E-state index in [1.54, 1.807) is 15.8 Å². The maximum Gasteiger partial charge on any atom is 0.276 e. The van der Waals surface area contributed by atoms with Crippen LogP contribution in [0.15, 0.2) is 30.5 Å². The lowest BCUT2D eigenvalue weighted by Crippen LogP contribution is -2.32. The zero-order valence-corrected chi connectivity index (χ0v) is 11.4. The average molecular weight is 271 g/mol. The molecule has 1 aliphatic heterocycles. The zero-order chi connectivity index (χ0) is 14.1. The Morgan fingerprint density at radius 1 is 1.45 bits per heavy atom. The Balaban J connectivity index is 1.81. The van der Waals surface area contributed by atoms with Crippen molar-refractivity contribution in [2.45, 2.75) is 19.4 Å². The largest absolute Gasteiger partial charge is 0.336 e. The summed E-state index contributed by atoms with van der Waals surface area (Å²) in [4.78, 5) is 14.0. The highest BCUT2D eigenvalue weighted by atomic mass is 16.2. The standard InChI is InChI=1S/C14H17N5O/c1-10-3-2-4-12(7-10)19-9-13(16-17-19)14(20)18-6-5-11(15)8-18/h2-4,7,9,11H,5-6,8,15H2,1H3/t11-/m1/s1. The lowest BCUT2D eigenvalue weighted by molar-refractivity contribution is 0.0785. The molecule has 2 heterocycles. The molecule has 1 aromatic carbocycles. The number of carbonyl (C=O) groups excluding carboxylic acids is 1. The summed E-state index contributed by atoms with van der Waals surface area (Å²) < 4.78 is 1.62. The van der Waals surface area contributed by atoms with E-state index in [-0.39, 0.29) is 11.9 Å². The molecule has 1 aromatic heterocycles. The van der Waals surface area contributed by atoms with E-state index in [1.165, 1.54) is 0 Å². The van der Waals surface area contributed by atoms with Gasteiger partial charge >= 0.3 is 0 Å². The molecule has 6 heteroatoms. The molecule has 0 saturated carbocycles. The predicted molar refractivity (Wildman–Crippen MR) is 74.6 cm³/mol. The van der Waals surface area contributed by atoms with E-state index in [0.717, 1.165) is 17.7 Å². The molecule has 0 aliphatic carbocycles. The van der Waals surface area contributed by atoms with E-state index < -0.39 is 0 Å². The number of benzene rings is 1. The molecule has 1 amide bonds. The van der Waals surface area contributed by atoms with Gasteiger partial charge in [-0.05, 0) is 31.0 Å². The van der Waals surface area contributed by atoms with Gasteiger partial charge in [-0.15, -0.1) is 5.10 Å². The zero-order valence-electron chi connectivity index (χ0n) is 11.4. The lowest BCUT2D eigenvalue weighted by Gasteiger charge is -2.13. The first kappa shape index (κ1) is 12.8. The fourth-order valence-corrected chi connectivity index (χ4v) is 2.39. The van der Waals surface area contributed by atoms with Crippen molar-refractivity contribution >= 4 is 5.91 Å². The molecule has 0 unspecified atom stereocenters. The van der Waals surface area contributed by atoms with Crippen molar-refractivity contribution in [2.24, 2.45) is 5.73 Å². The fourth-order valence-electron chi connectivity index (χ4n) is 2.39. The van der Waals surface area contributed by atoms with Crippen molar-refractivity contribution in [3.05, 3.63) is 41.7 Å². The van der Waals surface area contributed by atoms with Crippen LogP contribution in [0.3, 0.4) is 0 Å². The van der Waals surface area contributed by atoms with Crippen LogP contribution in [0.4, 0.5) is 0 Å². The van der Waals surface area contributed by atoms with E-state index in [0.29, 0.717) is 18.8 Å². The smallest absolute Gasteiger partial charge is 0.276 e. The molecule has 6 nitrogen and oxygen atoms in total. The lowest BCUT2D eigenvalue weighted by atomic mass is 10.2. The van der Waals surface area contributed by atoms with Crippen LogP contribution in [-0.2, 0) is 0 Å². The SMILES string of the molecule is Cc1cccc(-n2cc(C(=O)N3CC[C@@H](N)C3)nn2)c1. The third-order valence-corrected chi connectivity index (χ3v) is 3.49. The number of nitrogens with zero attached hydrogens (tertiary/aromatic N) is 4. The molecule has 0 radical (unpaired) electrons. The predicted octanol–water partition coefficient (Wildman–Crippen LogP) is 0.749. The first-order valence-electron chi connectivity index (χ1n) is 6.68. The van der Waals surface area contributed by atoms with E-state index in [4.69, 9.17) is 5.73 Å². The Bertz CT molecular complexity index is 636. The molecule has 0 bridgehead atoms. The highest BCUT2D eigenvalue weighted by molar-refractivity contribution is 5.92. The van der Waals surface area contributed by atoms with Gasteiger partial charge < -0.3 is 10.6 Å². The number of hydrogen-bond donors (Lipinski definition) is 1. The first-order chi connectivity index (χ1) is 9.63. The summed E-state index contributed by atoms with van der Waals surface area (Å²) in [7, 11) is 0. The molecule has 2 aromatic rings. The summed E-state index contributed by atoms with van der Waals surface area (Å²) in [6.07, 6.45) is 2.51. The van der Waals surface area contributed by atoms with Crippen molar-refractivity contribution in [1.82, 2.24) is 19.9 Å².